The first-order chi connectivity index (χ1) is 11.6. The van der Waals surface area contributed by atoms with Gasteiger partial charge in [-0.1, -0.05) is 17.7 Å². The molecular formula is C18H21ClN2O3. The molecule has 0 aliphatic heterocycles. The van der Waals surface area contributed by atoms with Gasteiger partial charge in [0.2, 0.25) is 0 Å². The number of methoxy groups -OCH3 is 2. The number of benzene rings is 2. The molecule has 1 N–H and O–H groups in total. The highest BCUT2D eigenvalue weighted by atomic mass is 35.5. The van der Waals surface area contributed by atoms with Gasteiger partial charge in [0.05, 0.1) is 14.2 Å². The van der Waals surface area contributed by atoms with Crippen LogP contribution >= 0.6 is 11.6 Å². The second kappa shape index (κ2) is 8.45. The number of hydrogen-bond donors (Lipinski definition) is 1. The molecule has 0 saturated carbocycles. The van der Waals surface area contributed by atoms with E-state index in [9.17, 15) is 4.79 Å². The number of anilines is 1. The fraction of sp³-hybridized carbons (Fsp3) is 0.278. The highest BCUT2D eigenvalue weighted by Crippen LogP contribution is 2.27. The second-order valence-electron chi connectivity index (χ2n) is 5.19. The van der Waals surface area contributed by atoms with Crippen molar-refractivity contribution >= 4 is 23.2 Å². The van der Waals surface area contributed by atoms with Gasteiger partial charge in [0, 0.05) is 30.8 Å². The number of hydrogen-bond acceptors (Lipinski definition) is 4. The minimum Gasteiger partial charge on any atom is -0.496 e. The van der Waals surface area contributed by atoms with Crippen LogP contribution < -0.4 is 19.7 Å². The van der Waals surface area contributed by atoms with E-state index in [0.717, 1.165) is 5.69 Å². The molecular weight excluding hydrogens is 328 g/mol. The average Bonchev–Trinajstić information content (AvgIpc) is 2.61. The van der Waals surface area contributed by atoms with E-state index >= 15 is 0 Å². The zero-order valence-electron chi connectivity index (χ0n) is 14.0. The van der Waals surface area contributed by atoms with Gasteiger partial charge in [0.15, 0.2) is 0 Å². The lowest BCUT2D eigenvalue weighted by atomic mass is 10.1. The lowest BCUT2D eigenvalue weighted by Crippen LogP contribution is -2.33. The molecule has 128 valence electrons. The van der Waals surface area contributed by atoms with Crippen molar-refractivity contribution in [1.82, 2.24) is 5.32 Å². The molecule has 0 atom stereocenters. The highest BCUT2D eigenvalue weighted by Gasteiger charge is 2.17. The maximum absolute atomic E-state index is 12.5. The number of amides is 1. The molecule has 0 fully saturated rings. The third kappa shape index (κ3) is 4.32. The molecule has 0 spiro atoms. The molecule has 0 aliphatic rings. The smallest absolute Gasteiger partial charge is 0.258 e. The number of rotatable bonds is 7. The van der Waals surface area contributed by atoms with Crippen LogP contribution in [0, 0.1) is 0 Å². The van der Waals surface area contributed by atoms with Crippen LogP contribution in [-0.2, 0) is 0 Å². The first-order valence-corrected chi connectivity index (χ1v) is 7.90. The van der Waals surface area contributed by atoms with Gasteiger partial charge in [-0.05, 0) is 36.4 Å². The summed E-state index contributed by atoms with van der Waals surface area (Å²) in [5.74, 6) is 0.740. The van der Waals surface area contributed by atoms with E-state index in [4.69, 9.17) is 21.1 Å². The van der Waals surface area contributed by atoms with Crippen molar-refractivity contribution in [2.45, 2.75) is 0 Å². The van der Waals surface area contributed by atoms with Crippen molar-refractivity contribution in [2.75, 3.05) is 39.3 Å². The first kappa shape index (κ1) is 17.9. The summed E-state index contributed by atoms with van der Waals surface area (Å²) in [7, 11) is 5.01. The van der Waals surface area contributed by atoms with Crippen LogP contribution in [0.25, 0.3) is 0 Å². The summed E-state index contributed by atoms with van der Waals surface area (Å²) in [5.41, 5.74) is 1.43. The van der Waals surface area contributed by atoms with E-state index < -0.39 is 0 Å². The van der Waals surface area contributed by atoms with E-state index in [2.05, 4.69) is 5.32 Å². The van der Waals surface area contributed by atoms with E-state index in [0.29, 0.717) is 35.2 Å². The van der Waals surface area contributed by atoms with E-state index in [1.165, 1.54) is 14.2 Å². The summed E-state index contributed by atoms with van der Waals surface area (Å²) in [6.07, 6.45) is 0. The van der Waals surface area contributed by atoms with Crippen LogP contribution in [0.1, 0.15) is 10.4 Å². The van der Waals surface area contributed by atoms with Gasteiger partial charge in [-0.2, -0.15) is 0 Å². The standard InChI is InChI=1S/C18H21ClN2O3/c1-21(14-9-7-13(19)8-10-14)12-11-20-18(22)17-15(23-2)5-4-6-16(17)24-3/h4-10H,11-12H2,1-3H3,(H,20,22). The van der Waals surface area contributed by atoms with Crippen molar-refractivity contribution in [3.8, 4) is 11.5 Å². The lowest BCUT2D eigenvalue weighted by Gasteiger charge is -2.20. The number of halogens is 1. The quantitative estimate of drug-likeness (QED) is 0.834. The van der Waals surface area contributed by atoms with E-state index in [-0.39, 0.29) is 5.91 Å². The maximum atomic E-state index is 12.5. The summed E-state index contributed by atoms with van der Waals surface area (Å²) in [5, 5.41) is 3.59. The largest absolute Gasteiger partial charge is 0.496 e. The molecule has 2 aromatic carbocycles. The number of nitrogens with zero attached hydrogens (tertiary/aromatic N) is 1. The molecule has 0 radical (unpaired) electrons. The van der Waals surface area contributed by atoms with Gasteiger partial charge < -0.3 is 19.7 Å². The third-order valence-corrected chi connectivity index (χ3v) is 3.91. The minimum absolute atomic E-state index is 0.228. The Hall–Kier alpha value is -2.40. The highest BCUT2D eigenvalue weighted by molar-refractivity contribution is 6.30. The summed E-state index contributed by atoms with van der Waals surface area (Å²) in [6, 6.07) is 12.8. The Kier molecular flexibility index (Phi) is 6.32. The number of ether oxygens (including phenoxy) is 2. The van der Waals surface area contributed by atoms with E-state index in [1.807, 2.05) is 36.2 Å². The van der Waals surface area contributed by atoms with Crippen LogP contribution in [-0.4, -0.2) is 40.3 Å². The topological polar surface area (TPSA) is 50.8 Å². The van der Waals surface area contributed by atoms with Crippen molar-refractivity contribution in [3.05, 3.63) is 53.1 Å². The van der Waals surface area contributed by atoms with Gasteiger partial charge in [-0.3, -0.25) is 4.79 Å². The number of carbonyl (C=O) groups is 1. The fourth-order valence-electron chi connectivity index (χ4n) is 2.33. The van der Waals surface area contributed by atoms with Gasteiger partial charge in [-0.25, -0.2) is 0 Å². The van der Waals surface area contributed by atoms with Crippen molar-refractivity contribution in [2.24, 2.45) is 0 Å². The third-order valence-electron chi connectivity index (χ3n) is 3.66. The van der Waals surface area contributed by atoms with Crippen LogP contribution in [0.5, 0.6) is 11.5 Å². The molecule has 5 nitrogen and oxygen atoms in total. The van der Waals surface area contributed by atoms with Gasteiger partial charge in [0.1, 0.15) is 17.1 Å². The molecule has 0 aliphatic carbocycles. The Morgan fingerprint density at radius 1 is 1.08 bits per heavy atom. The Labute approximate surface area is 147 Å². The predicted molar refractivity (Wildman–Crippen MR) is 96.6 cm³/mol. The normalized spacial score (nSPS) is 10.2. The molecule has 24 heavy (non-hydrogen) atoms. The fourth-order valence-corrected chi connectivity index (χ4v) is 2.45. The Bertz CT molecular complexity index is 667. The molecule has 0 aromatic heterocycles. The Balaban J connectivity index is 1.97. The zero-order valence-corrected chi connectivity index (χ0v) is 14.8. The van der Waals surface area contributed by atoms with E-state index in [1.54, 1.807) is 18.2 Å². The Morgan fingerprint density at radius 3 is 2.21 bits per heavy atom. The summed E-state index contributed by atoms with van der Waals surface area (Å²) < 4.78 is 10.5. The van der Waals surface area contributed by atoms with Crippen LogP contribution in [0.2, 0.25) is 5.02 Å². The number of likely N-dealkylation sites (N-methyl/N-ethyl adjacent to an activating group) is 1. The van der Waals surface area contributed by atoms with Crippen LogP contribution in [0.4, 0.5) is 5.69 Å². The molecule has 0 heterocycles. The van der Waals surface area contributed by atoms with Crippen molar-refractivity contribution < 1.29 is 14.3 Å². The van der Waals surface area contributed by atoms with Crippen molar-refractivity contribution in [3.63, 3.8) is 0 Å². The monoisotopic (exact) mass is 348 g/mol. The van der Waals surface area contributed by atoms with Gasteiger partial charge >= 0.3 is 0 Å². The van der Waals surface area contributed by atoms with Crippen molar-refractivity contribution in [1.29, 1.82) is 0 Å². The Morgan fingerprint density at radius 2 is 1.67 bits per heavy atom. The van der Waals surface area contributed by atoms with Crippen LogP contribution in [0.15, 0.2) is 42.5 Å². The second-order valence-corrected chi connectivity index (χ2v) is 5.63. The molecule has 2 aromatic rings. The molecule has 2 rings (SSSR count). The minimum atomic E-state index is -0.228. The summed E-state index contributed by atoms with van der Waals surface area (Å²) in [6.45, 7) is 1.14. The molecule has 0 bridgehead atoms. The van der Waals surface area contributed by atoms with Gasteiger partial charge in [-0.15, -0.1) is 0 Å². The SMILES string of the molecule is COc1cccc(OC)c1C(=O)NCCN(C)c1ccc(Cl)cc1. The first-order valence-electron chi connectivity index (χ1n) is 7.52. The summed E-state index contributed by atoms with van der Waals surface area (Å²) >= 11 is 5.89. The molecule has 6 heteroatoms. The summed E-state index contributed by atoms with van der Waals surface area (Å²) in [4.78, 5) is 14.5. The number of nitrogens with one attached hydrogen (secondary N) is 1. The molecule has 1 amide bonds. The molecule has 0 saturated heterocycles. The van der Waals surface area contributed by atoms with Crippen LogP contribution in [0.3, 0.4) is 0 Å². The zero-order chi connectivity index (χ0) is 17.5. The predicted octanol–water partition coefficient (Wildman–Crippen LogP) is 3.22. The molecule has 0 unspecified atom stereocenters. The maximum Gasteiger partial charge on any atom is 0.258 e. The van der Waals surface area contributed by atoms with Gasteiger partial charge in [0.25, 0.3) is 5.91 Å². The lowest BCUT2D eigenvalue weighted by molar-refractivity contribution is 0.0948. The number of carbonyl (C=O) groups excluding carboxylic acids is 1. The average molecular weight is 349 g/mol.